The van der Waals surface area contributed by atoms with Crippen LogP contribution in [0.5, 0.6) is 0 Å². The monoisotopic (exact) mass is 1060 g/mol. The molecule has 0 radical (unpaired) electrons. The van der Waals surface area contributed by atoms with Crippen LogP contribution < -0.4 is 5.32 Å². The van der Waals surface area contributed by atoms with E-state index in [9.17, 15) is 19.0 Å². The van der Waals surface area contributed by atoms with Gasteiger partial charge < -0.3 is 19.4 Å². The molecular weight excluding hydrogens is 940 g/mol. The molecule has 2 N–H and O–H groups in total. The Morgan fingerprint density at radius 2 is 0.865 bits per heavy atom. The van der Waals surface area contributed by atoms with Crippen molar-refractivity contribution in [3.8, 4) is 0 Å². The zero-order valence-electron chi connectivity index (χ0n) is 48.8. The summed E-state index contributed by atoms with van der Waals surface area (Å²) < 4.78 is 30.7. The number of nitrogens with one attached hydrogen (secondary N) is 1. The maximum atomic E-state index is 13.5. The minimum atomic E-state index is -4.46. The van der Waals surface area contributed by atoms with Gasteiger partial charge in [-0.2, -0.15) is 0 Å². The van der Waals surface area contributed by atoms with Crippen molar-refractivity contribution >= 4 is 19.7 Å². The van der Waals surface area contributed by atoms with Gasteiger partial charge in [0.15, 0.2) is 0 Å². The SMILES string of the molecule is CC/C=C/C/C=C/CCCCCCCCCC(=O)OC(/C=C\CCCCCCCCCCCCC)C(COP(=O)(O)OCC[N+](C)(C)C)NC(=O)CCCCCCC/C=C\C/C=C\C/C=C\C/C=C\CCCCC. The summed E-state index contributed by atoms with van der Waals surface area (Å²) in [5.41, 5.74) is 0. The summed E-state index contributed by atoms with van der Waals surface area (Å²) >= 11 is 0. The lowest BCUT2D eigenvalue weighted by atomic mass is 10.0. The number of phosphoric acid groups is 1. The van der Waals surface area contributed by atoms with Gasteiger partial charge in [0, 0.05) is 12.8 Å². The number of esters is 1. The molecule has 0 aliphatic carbocycles. The van der Waals surface area contributed by atoms with E-state index in [-0.39, 0.29) is 31.5 Å². The van der Waals surface area contributed by atoms with Crippen molar-refractivity contribution in [2.75, 3.05) is 40.9 Å². The molecule has 3 unspecified atom stereocenters. The van der Waals surface area contributed by atoms with Crippen LogP contribution in [0.1, 0.15) is 258 Å². The van der Waals surface area contributed by atoms with Crippen molar-refractivity contribution in [2.45, 2.75) is 270 Å². The van der Waals surface area contributed by atoms with Gasteiger partial charge in [-0.05, 0) is 102 Å². The zero-order valence-corrected chi connectivity index (χ0v) is 49.7. The summed E-state index contributed by atoms with van der Waals surface area (Å²) in [7, 11) is 1.47. The first kappa shape index (κ1) is 71.2. The number of nitrogens with zero attached hydrogens (tertiary/aromatic N) is 1. The molecule has 0 heterocycles. The number of quaternary nitrogens is 1. The van der Waals surface area contributed by atoms with Gasteiger partial charge >= 0.3 is 13.8 Å². The second-order valence-electron chi connectivity index (χ2n) is 21.5. The van der Waals surface area contributed by atoms with Crippen LogP contribution in [0.4, 0.5) is 0 Å². The molecule has 0 spiro atoms. The second-order valence-corrected chi connectivity index (χ2v) is 22.9. The molecule has 0 saturated carbocycles. The lowest BCUT2D eigenvalue weighted by Crippen LogP contribution is -2.47. The third-order valence-corrected chi connectivity index (χ3v) is 14.1. The highest BCUT2D eigenvalue weighted by Gasteiger charge is 2.30. The van der Waals surface area contributed by atoms with E-state index < -0.39 is 20.0 Å². The molecule has 0 bridgehead atoms. The first-order valence-corrected chi connectivity index (χ1v) is 31.9. The molecule has 0 aliphatic rings. The van der Waals surface area contributed by atoms with Gasteiger partial charge in [0.25, 0.3) is 0 Å². The van der Waals surface area contributed by atoms with E-state index in [1.807, 2.05) is 33.3 Å². The Morgan fingerprint density at radius 1 is 0.486 bits per heavy atom. The van der Waals surface area contributed by atoms with E-state index in [1.165, 1.54) is 103 Å². The summed E-state index contributed by atoms with van der Waals surface area (Å²) in [6, 6.07) is -0.865. The fourth-order valence-electron chi connectivity index (χ4n) is 8.37. The fraction of sp³-hybridized carbons (Fsp3) is 0.750. The van der Waals surface area contributed by atoms with Crippen LogP contribution in [0.3, 0.4) is 0 Å². The van der Waals surface area contributed by atoms with E-state index in [2.05, 4.69) is 99.0 Å². The standard InChI is InChI=1S/C64H115N2O7P/c1-7-10-13-16-19-22-25-28-30-31-32-33-34-35-36-38-41-44-47-50-53-56-63(67)65-61(60-72-74(69,70)71-59-58-66(4,5)6)62(55-52-49-46-43-40-37-27-24-21-18-15-12-9-3)73-64(68)57-54-51-48-45-42-39-29-26-23-20-17-14-11-8-2/h11,14,19-20,22-23,28,30,32-33,35-36,52,55,61-62H,7-10,12-13,15-18,21,24-27,29,31,34,37-51,53-54,56-60H2,1-6H3,(H-,65,67,69,70)/p+1/b14-11+,22-19-,23-20+,30-28-,33-32-,36-35-,55-52-. The van der Waals surface area contributed by atoms with Crippen molar-refractivity contribution in [1.29, 1.82) is 0 Å². The average Bonchev–Trinajstić information content (AvgIpc) is 3.36. The normalized spacial score (nSPS) is 14.3. The van der Waals surface area contributed by atoms with Gasteiger partial charge in [0.05, 0.1) is 33.8 Å². The molecular formula is C64H116N2O7P+. The smallest absolute Gasteiger partial charge is 0.456 e. The van der Waals surface area contributed by atoms with Crippen molar-refractivity contribution in [3.05, 3.63) is 85.1 Å². The number of allylic oxidation sites excluding steroid dienone is 13. The third kappa shape index (κ3) is 54.0. The first-order valence-electron chi connectivity index (χ1n) is 30.4. The van der Waals surface area contributed by atoms with Gasteiger partial charge in [-0.15, -0.1) is 0 Å². The van der Waals surface area contributed by atoms with Crippen LogP contribution >= 0.6 is 7.82 Å². The number of carbonyl (C=O) groups excluding carboxylic acids is 2. The Kier molecular flexibility index (Phi) is 51.5. The van der Waals surface area contributed by atoms with Crippen molar-refractivity contribution < 1.29 is 37.3 Å². The van der Waals surface area contributed by atoms with Crippen LogP contribution in [-0.2, 0) is 27.9 Å². The number of rotatable bonds is 54. The molecule has 0 fully saturated rings. The van der Waals surface area contributed by atoms with E-state index >= 15 is 0 Å². The van der Waals surface area contributed by atoms with Crippen LogP contribution in [0, 0.1) is 0 Å². The van der Waals surface area contributed by atoms with Gasteiger partial charge in [-0.3, -0.25) is 18.6 Å². The average molecular weight is 1060 g/mol. The number of phosphoric ester groups is 1. The van der Waals surface area contributed by atoms with Gasteiger partial charge in [-0.1, -0.05) is 228 Å². The van der Waals surface area contributed by atoms with Gasteiger partial charge in [0.1, 0.15) is 19.3 Å². The highest BCUT2D eigenvalue weighted by atomic mass is 31.2. The van der Waals surface area contributed by atoms with Crippen LogP contribution in [0.2, 0.25) is 0 Å². The molecule has 74 heavy (non-hydrogen) atoms. The predicted octanol–water partition coefficient (Wildman–Crippen LogP) is 18.6. The predicted molar refractivity (Wildman–Crippen MR) is 318 cm³/mol. The number of hydrogen-bond acceptors (Lipinski definition) is 6. The Hall–Kier alpha value is -2.81. The molecule has 0 saturated heterocycles. The highest BCUT2D eigenvalue weighted by molar-refractivity contribution is 7.47. The molecule has 9 nitrogen and oxygen atoms in total. The minimum Gasteiger partial charge on any atom is -0.456 e. The number of likely N-dealkylation sites (N-methyl/N-ethyl adjacent to an activating group) is 1. The van der Waals surface area contributed by atoms with Crippen molar-refractivity contribution in [3.63, 3.8) is 0 Å². The molecule has 0 aromatic heterocycles. The summed E-state index contributed by atoms with van der Waals surface area (Å²) in [6.07, 6.45) is 70.0. The summed E-state index contributed by atoms with van der Waals surface area (Å²) in [5, 5.41) is 3.04. The number of hydrogen-bond donors (Lipinski definition) is 2. The molecule has 0 aliphatic heterocycles. The quantitative estimate of drug-likeness (QED) is 0.0205. The molecule has 0 rings (SSSR count). The Balaban J connectivity index is 5.33. The topological polar surface area (TPSA) is 111 Å². The van der Waals surface area contributed by atoms with Crippen LogP contribution in [-0.4, -0.2) is 74.3 Å². The van der Waals surface area contributed by atoms with Gasteiger partial charge in [0.2, 0.25) is 5.91 Å². The number of unbranched alkanes of at least 4 members (excludes halogenated alkanes) is 26. The van der Waals surface area contributed by atoms with E-state index in [0.29, 0.717) is 17.4 Å². The molecule has 3 atom stereocenters. The Morgan fingerprint density at radius 3 is 1.32 bits per heavy atom. The van der Waals surface area contributed by atoms with Gasteiger partial charge in [-0.25, -0.2) is 4.57 Å². The van der Waals surface area contributed by atoms with E-state index in [0.717, 1.165) is 122 Å². The molecule has 10 heteroatoms. The number of carbonyl (C=O) groups is 2. The molecule has 0 aromatic rings. The van der Waals surface area contributed by atoms with Crippen LogP contribution in [0.15, 0.2) is 85.1 Å². The lowest BCUT2D eigenvalue weighted by Gasteiger charge is -2.27. The molecule has 1 amide bonds. The van der Waals surface area contributed by atoms with Crippen LogP contribution in [0.25, 0.3) is 0 Å². The van der Waals surface area contributed by atoms with Crippen molar-refractivity contribution in [1.82, 2.24) is 5.32 Å². The maximum Gasteiger partial charge on any atom is 0.472 e. The third-order valence-electron chi connectivity index (χ3n) is 13.1. The minimum absolute atomic E-state index is 0.0314. The largest absolute Gasteiger partial charge is 0.472 e. The number of amides is 1. The first-order chi connectivity index (χ1) is 35.9. The van der Waals surface area contributed by atoms with E-state index in [1.54, 1.807) is 0 Å². The zero-order chi connectivity index (χ0) is 54.3. The fourth-order valence-corrected chi connectivity index (χ4v) is 9.11. The summed E-state index contributed by atoms with van der Waals surface area (Å²) in [4.78, 5) is 37.7. The summed E-state index contributed by atoms with van der Waals surface area (Å²) in [5.74, 6) is -0.537. The van der Waals surface area contributed by atoms with Crippen molar-refractivity contribution in [2.24, 2.45) is 0 Å². The van der Waals surface area contributed by atoms with E-state index in [4.69, 9.17) is 13.8 Å². The molecule has 0 aromatic carbocycles. The lowest BCUT2D eigenvalue weighted by molar-refractivity contribution is -0.870. The number of ether oxygens (including phenoxy) is 1. The summed E-state index contributed by atoms with van der Waals surface area (Å²) in [6.45, 7) is 6.86. The molecule has 428 valence electrons. The Bertz CT molecular complexity index is 1540. The second kappa shape index (κ2) is 53.6. The highest BCUT2D eigenvalue weighted by Crippen LogP contribution is 2.43. The Labute approximate surface area is 456 Å². The maximum absolute atomic E-state index is 13.5.